The molecule has 0 N–H and O–H groups in total. The molecule has 2 aromatic rings. The molecule has 2 heterocycles. The first-order valence-corrected chi connectivity index (χ1v) is 24.0. The Morgan fingerprint density at radius 3 is 0.860 bits per heavy atom. The summed E-state index contributed by atoms with van der Waals surface area (Å²) in [6.45, 7) is 8.67. The molecular weight excluding hydrogens is 709 g/mol. The smallest absolute Gasteiger partial charge is 0.224 e. The van der Waals surface area contributed by atoms with E-state index < -0.39 is 10.9 Å². The lowest BCUT2D eigenvalue weighted by Gasteiger charge is -2.16. The molecule has 0 saturated heterocycles. The fourth-order valence-corrected chi connectivity index (χ4v) is 8.02. The summed E-state index contributed by atoms with van der Waals surface area (Å²) in [5, 5.41) is 0. The predicted molar refractivity (Wildman–Crippen MR) is 241 cm³/mol. The van der Waals surface area contributed by atoms with Gasteiger partial charge in [0.2, 0.25) is 10.9 Å². The van der Waals surface area contributed by atoms with Gasteiger partial charge in [0, 0.05) is 39.1 Å². The summed E-state index contributed by atoms with van der Waals surface area (Å²) in [6, 6.07) is 2.64. The molecule has 0 aliphatic heterocycles. The van der Waals surface area contributed by atoms with Crippen molar-refractivity contribution in [2.45, 2.75) is 246 Å². The molecule has 2 aromatic heterocycles. The molecular formula is C50H84N2O5. The number of hydrogen-bond donors (Lipinski definition) is 0. The van der Waals surface area contributed by atoms with Crippen LogP contribution in [0, 0.1) is 0 Å². The normalized spacial score (nSPS) is 11.4. The van der Waals surface area contributed by atoms with Crippen LogP contribution in [-0.2, 0) is 13.1 Å². The fraction of sp³-hybridized carbons (Fsp3) is 0.760. The van der Waals surface area contributed by atoms with Gasteiger partial charge in [-0.15, -0.1) is 0 Å². The number of aryl methyl sites for hydroxylation is 2. The molecule has 0 amide bonds. The highest BCUT2D eigenvalue weighted by Gasteiger charge is 2.16. The topological polar surface area (TPSA) is 87.4 Å². The second-order valence-electron chi connectivity index (χ2n) is 17.0. The van der Waals surface area contributed by atoms with Crippen molar-refractivity contribution in [1.29, 1.82) is 0 Å². The molecule has 0 saturated carbocycles. The molecule has 7 nitrogen and oxygen atoms in total. The van der Waals surface area contributed by atoms with E-state index in [-0.39, 0.29) is 23.1 Å². The number of Topliss-reactive ketones (excluding diaryl/α,β-unsaturated/α-hetero) is 2. The summed E-state index contributed by atoms with van der Waals surface area (Å²) in [4.78, 5) is 51.1. The monoisotopic (exact) mass is 793 g/mol. The molecule has 0 spiro atoms. The van der Waals surface area contributed by atoms with E-state index in [1.54, 1.807) is 21.5 Å². The van der Waals surface area contributed by atoms with Crippen molar-refractivity contribution < 1.29 is 14.3 Å². The second kappa shape index (κ2) is 32.9. The third-order valence-corrected chi connectivity index (χ3v) is 11.6. The average molecular weight is 793 g/mol. The Labute approximate surface area is 348 Å². The molecule has 57 heavy (non-hydrogen) atoms. The fourth-order valence-electron chi connectivity index (χ4n) is 8.02. The van der Waals surface area contributed by atoms with Crippen LogP contribution in [0.25, 0.3) is 0 Å². The average Bonchev–Trinajstić information content (AvgIpc) is 3.19. The first-order valence-electron chi connectivity index (χ1n) is 24.0. The van der Waals surface area contributed by atoms with E-state index in [2.05, 4.69) is 13.8 Å². The maximum atomic E-state index is 13.1. The van der Waals surface area contributed by atoms with Gasteiger partial charge >= 0.3 is 0 Å². The standard InChI is InChI=1S/C50H84N2O5/c1-5-7-9-11-13-15-17-19-21-23-25-27-29-31-33-35-37-51-41-49(47(55)39-45(51)43(3)53)57-50-42-52(46(44(4)54)40-48(50)56)38-36-34-32-30-28-26-24-22-20-18-16-14-12-10-8-6-2/h39-42H,5-38H2,1-4H3. The number of hydrogen-bond acceptors (Lipinski definition) is 5. The Hall–Kier alpha value is -2.96. The van der Waals surface area contributed by atoms with Crippen molar-refractivity contribution in [1.82, 2.24) is 9.13 Å². The Kier molecular flexibility index (Phi) is 29.0. The van der Waals surface area contributed by atoms with Crippen LogP contribution in [0.15, 0.2) is 34.1 Å². The van der Waals surface area contributed by atoms with Crippen molar-refractivity contribution in [3.05, 3.63) is 56.4 Å². The van der Waals surface area contributed by atoms with Gasteiger partial charge in [0.05, 0.1) is 23.8 Å². The van der Waals surface area contributed by atoms with Crippen molar-refractivity contribution in [3.8, 4) is 11.5 Å². The van der Waals surface area contributed by atoms with Gasteiger partial charge in [-0.05, 0) is 12.8 Å². The number of unbranched alkanes of at least 4 members (excludes halogenated alkanes) is 30. The first-order chi connectivity index (χ1) is 27.8. The predicted octanol–water partition coefficient (Wildman–Crippen LogP) is 14.7. The van der Waals surface area contributed by atoms with E-state index >= 15 is 0 Å². The number of aromatic nitrogens is 2. The van der Waals surface area contributed by atoms with Crippen LogP contribution in [0.1, 0.15) is 254 Å². The molecule has 0 radical (unpaired) electrons. The molecule has 0 aliphatic carbocycles. The highest BCUT2D eigenvalue weighted by molar-refractivity contribution is 5.93. The number of ether oxygens (including phenoxy) is 1. The second-order valence-corrected chi connectivity index (χ2v) is 17.0. The highest BCUT2D eigenvalue weighted by atomic mass is 16.5. The quantitative estimate of drug-likeness (QED) is 0.0499. The summed E-state index contributed by atoms with van der Waals surface area (Å²) < 4.78 is 9.55. The zero-order chi connectivity index (χ0) is 41.4. The largest absolute Gasteiger partial charge is 0.446 e. The Morgan fingerprint density at radius 2 is 0.632 bits per heavy atom. The van der Waals surface area contributed by atoms with E-state index in [1.165, 1.54) is 193 Å². The lowest BCUT2D eigenvalue weighted by molar-refractivity contribution is 0.0995. The van der Waals surface area contributed by atoms with E-state index in [0.717, 1.165) is 38.5 Å². The van der Waals surface area contributed by atoms with E-state index in [4.69, 9.17) is 4.74 Å². The van der Waals surface area contributed by atoms with Crippen molar-refractivity contribution in [2.24, 2.45) is 0 Å². The maximum absolute atomic E-state index is 13.1. The number of carbonyl (C=O) groups excluding carboxylic acids is 2. The third-order valence-electron chi connectivity index (χ3n) is 11.6. The summed E-state index contributed by atoms with van der Waals surface area (Å²) >= 11 is 0. The molecule has 2 rings (SSSR count). The number of pyridine rings is 2. The molecule has 0 fully saturated rings. The Balaban J connectivity index is 1.77. The number of carbonyl (C=O) groups is 2. The summed E-state index contributed by atoms with van der Waals surface area (Å²) in [5.74, 6) is -0.333. The first kappa shape index (κ1) is 50.2. The van der Waals surface area contributed by atoms with Crippen LogP contribution in [0.2, 0.25) is 0 Å². The molecule has 324 valence electrons. The van der Waals surface area contributed by atoms with Gasteiger partial charge in [-0.25, -0.2) is 0 Å². The summed E-state index contributed by atoms with van der Waals surface area (Å²) in [5.41, 5.74) is -0.187. The SMILES string of the molecule is CCCCCCCCCCCCCCCCCCn1cc(Oc2cn(CCCCCCCCCCCCCCCCCC)c(C(C)=O)cc2=O)c(=O)cc1C(C)=O. The van der Waals surface area contributed by atoms with Gasteiger partial charge in [-0.1, -0.05) is 206 Å². The molecule has 0 unspecified atom stereocenters. The number of nitrogens with zero attached hydrogens (tertiary/aromatic N) is 2. The van der Waals surface area contributed by atoms with Crippen LogP contribution >= 0.6 is 0 Å². The lowest BCUT2D eigenvalue weighted by Crippen LogP contribution is -2.20. The summed E-state index contributed by atoms with van der Waals surface area (Å²) in [7, 11) is 0. The van der Waals surface area contributed by atoms with Crippen molar-refractivity contribution in [2.75, 3.05) is 0 Å². The van der Waals surface area contributed by atoms with Gasteiger partial charge in [-0.2, -0.15) is 0 Å². The van der Waals surface area contributed by atoms with Crippen LogP contribution in [-0.4, -0.2) is 20.7 Å². The molecule has 0 bridgehead atoms. The molecule has 7 heteroatoms. The van der Waals surface area contributed by atoms with Gasteiger partial charge in [-0.3, -0.25) is 19.2 Å². The van der Waals surface area contributed by atoms with Gasteiger partial charge in [0.15, 0.2) is 23.1 Å². The third kappa shape index (κ3) is 23.3. The van der Waals surface area contributed by atoms with Crippen molar-refractivity contribution in [3.63, 3.8) is 0 Å². The molecule has 0 aliphatic rings. The molecule has 0 aromatic carbocycles. The zero-order valence-corrected chi connectivity index (χ0v) is 37.3. The van der Waals surface area contributed by atoms with Crippen LogP contribution in [0.5, 0.6) is 11.5 Å². The van der Waals surface area contributed by atoms with E-state index in [9.17, 15) is 19.2 Å². The van der Waals surface area contributed by atoms with E-state index in [0.29, 0.717) is 24.5 Å². The highest BCUT2D eigenvalue weighted by Crippen LogP contribution is 2.20. The molecule has 0 atom stereocenters. The number of ketones is 2. The van der Waals surface area contributed by atoms with Crippen LogP contribution in [0.3, 0.4) is 0 Å². The zero-order valence-electron chi connectivity index (χ0n) is 37.3. The van der Waals surface area contributed by atoms with Gasteiger partial charge in [0.25, 0.3) is 0 Å². The summed E-state index contributed by atoms with van der Waals surface area (Å²) in [6.07, 6.45) is 44.4. The van der Waals surface area contributed by atoms with Gasteiger partial charge in [0.1, 0.15) is 0 Å². The minimum Gasteiger partial charge on any atom is -0.446 e. The lowest BCUT2D eigenvalue weighted by atomic mass is 10.0. The number of rotatable bonds is 38. The van der Waals surface area contributed by atoms with Crippen LogP contribution in [0.4, 0.5) is 0 Å². The van der Waals surface area contributed by atoms with Crippen LogP contribution < -0.4 is 15.6 Å². The van der Waals surface area contributed by atoms with Crippen molar-refractivity contribution >= 4 is 11.6 Å². The van der Waals surface area contributed by atoms with Gasteiger partial charge < -0.3 is 13.9 Å². The minimum absolute atomic E-state index is 0.0122. The maximum Gasteiger partial charge on any atom is 0.224 e. The Morgan fingerprint density at radius 1 is 0.404 bits per heavy atom. The Bertz CT molecular complexity index is 1360. The minimum atomic E-state index is -0.442. The van der Waals surface area contributed by atoms with E-state index in [1.807, 2.05) is 0 Å².